The van der Waals surface area contributed by atoms with Gasteiger partial charge in [-0.05, 0) is 102 Å². The lowest BCUT2D eigenvalue weighted by molar-refractivity contribution is 0.106. The van der Waals surface area contributed by atoms with Crippen molar-refractivity contribution >= 4 is 21.6 Å². The third kappa shape index (κ3) is 3.11. The summed E-state index contributed by atoms with van der Waals surface area (Å²) in [6.45, 7) is 3.15. The second kappa shape index (κ2) is 8.09. The molecule has 0 amide bonds. The molecular formula is C31H30N2O4S. The molecule has 6 nitrogen and oxygen atoms in total. The molecule has 0 radical (unpaired) electrons. The molecule has 0 bridgehead atoms. The molecule has 2 aromatic heterocycles. The Labute approximate surface area is 225 Å². The van der Waals surface area contributed by atoms with E-state index in [1.54, 1.807) is 29.3 Å². The number of ether oxygens (including phenoxy) is 3. The highest BCUT2D eigenvalue weighted by Crippen LogP contribution is 2.62. The van der Waals surface area contributed by atoms with Crippen molar-refractivity contribution < 1.29 is 14.2 Å². The second-order valence-corrected chi connectivity index (χ2v) is 12.7. The Hall–Kier alpha value is -3.32. The van der Waals surface area contributed by atoms with Crippen LogP contribution >= 0.6 is 11.3 Å². The van der Waals surface area contributed by atoms with Crippen molar-refractivity contribution in [1.82, 2.24) is 9.55 Å². The number of fused-ring (bicyclic) bond motifs is 10. The van der Waals surface area contributed by atoms with Crippen LogP contribution in [0.3, 0.4) is 0 Å². The lowest BCUT2D eigenvalue weighted by Gasteiger charge is -2.49. The summed E-state index contributed by atoms with van der Waals surface area (Å²) in [4.78, 5) is 21.0. The van der Waals surface area contributed by atoms with E-state index in [-0.39, 0.29) is 17.8 Å². The highest BCUT2D eigenvalue weighted by molar-refractivity contribution is 7.18. The summed E-state index contributed by atoms with van der Waals surface area (Å²) in [5, 5.41) is 0.859. The molecular weight excluding hydrogens is 496 g/mol. The molecule has 0 saturated heterocycles. The molecule has 3 aliphatic carbocycles. The summed E-state index contributed by atoms with van der Waals surface area (Å²) in [5.74, 6) is 4.27. The fourth-order valence-corrected chi connectivity index (χ4v) is 9.39. The van der Waals surface area contributed by atoms with Crippen LogP contribution in [0, 0.1) is 11.8 Å². The van der Waals surface area contributed by atoms with Gasteiger partial charge in [0.1, 0.15) is 10.6 Å². The van der Waals surface area contributed by atoms with E-state index in [1.807, 2.05) is 18.2 Å². The molecule has 1 saturated carbocycles. The van der Waals surface area contributed by atoms with Crippen LogP contribution in [0.1, 0.15) is 59.2 Å². The molecule has 0 N–H and O–H groups in total. The van der Waals surface area contributed by atoms with Gasteiger partial charge >= 0.3 is 0 Å². The van der Waals surface area contributed by atoms with Crippen LogP contribution in [0.5, 0.6) is 17.2 Å². The molecule has 3 heterocycles. The maximum absolute atomic E-state index is 14.0. The van der Waals surface area contributed by atoms with Crippen LogP contribution in [0.15, 0.2) is 47.5 Å². The van der Waals surface area contributed by atoms with Crippen LogP contribution < -0.4 is 19.8 Å². The Kier molecular flexibility index (Phi) is 4.82. The Morgan fingerprint density at radius 3 is 2.95 bits per heavy atom. The topological polar surface area (TPSA) is 62.6 Å². The van der Waals surface area contributed by atoms with Crippen molar-refractivity contribution in [1.29, 1.82) is 0 Å². The summed E-state index contributed by atoms with van der Waals surface area (Å²) in [7, 11) is 1.75. The normalized spacial score (nSPS) is 26.5. The Morgan fingerprint density at radius 1 is 1.16 bits per heavy atom. The SMILES string of the molecule is COc1ccc2c(c1)CC[C@H]1[C@@H]2CC[C@@]2(C)c3c(sc4ncn(Cc5ccc6c(c5)OCO6)c(=O)c34)C[C@H]12. The number of thiophene rings is 1. The van der Waals surface area contributed by atoms with E-state index >= 15 is 0 Å². The van der Waals surface area contributed by atoms with E-state index in [1.165, 1.54) is 34.4 Å². The van der Waals surface area contributed by atoms with Gasteiger partial charge in [0.15, 0.2) is 11.5 Å². The Morgan fingerprint density at radius 2 is 2.05 bits per heavy atom. The third-order valence-electron chi connectivity index (χ3n) is 9.84. The van der Waals surface area contributed by atoms with Crippen LogP contribution in [0.4, 0.5) is 0 Å². The van der Waals surface area contributed by atoms with Crippen molar-refractivity contribution in [2.24, 2.45) is 11.8 Å². The molecule has 1 fully saturated rings. The van der Waals surface area contributed by atoms with E-state index in [2.05, 4.69) is 25.1 Å². The zero-order chi connectivity index (χ0) is 25.6. The number of nitrogens with zero attached hydrogens (tertiary/aromatic N) is 2. The second-order valence-electron chi connectivity index (χ2n) is 11.6. The summed E-state index contributed by atoms with van der Waals surface area (Å²) in [6.07, 6.45) is 7.38. The maximum atomic E-state index is 14.0. The predicted molar refractivity (Wildman–Crippen MR) is 147 cm³/mol. The summed E-state index contributed by atoms with van der Waals surface area (Å²) in [6, 6.07) is 12.6. The number of methoxy groups -OCH3 is 1. The number of hydrogen-bond donors (Lipinski definition) is 0. The lowest BCUT2D eigenvalue weighted by Crippen LogP contribution is -2.43. The third-order valence-corrected chi connectivity index (χ3v) is 11.0. The average molecular weight is 527 g/mol. The molecule has 4 aromatic rings. The van der Waals surface area contributed by atoms with Crippen molar-refractivity contribution in [3.8, 4) is 17.2 Å². The first-order valence-electron chi connectivity index (χ1n) is 13.6. The number of rotatable bonds is 3. The zero-order valence-corrected chi connectivity index (χ0v) is 22.5. The lowest BCUT2D eigenvalue weighted by atomic mass is 9.55. The van der Waals surface area contributed by atoms with Gasteiger partial charge in [0, 0.05) is 4.88 Å². The van der Waals surface area contributed by atoms with Gasteiger partial charge in [-0.25, -0.2) is 4.98 Å². The van der Waals surface area contributed by atoms with Gasteiger partial charge in [0.2, 0.25) is 6.79 Å². The van der Waals surface area contributed by atoms with Crippen molar-refractivity contribution in [2.75, 3.05) is 13.9 Å². The van der Waals surface area contributed by atoms with Gasteiger partial charge in [-0.15, -0.1) is 11.3 Å². The molecule has 0 unspecified atom stereocenters. The quantitative estimate of drug-likeness (QED) is 0.337. The van der Waals surface area contributed by atoms with Crippen molar-refractivity contribution in [3.05, 3.63) is 80.2 Å². The smallest absolute Gasteiger partial charge is 0.262 e. The number of benzene rings is 2. The van der Waals surface area contributed by atoms with Crippen LogP contribution in [-0.4, -0.2) is 23.5 Å². The zero-order valence-electron chi connectivity index (χ0n) is 21.7. The molecule has 1 aliphatic heterocycles. The van der Waals surface area contributed by atoms with E-state index in [4.69, 9.17) is 19.2 Å². The van der Waals surface area contributed by atoms with Gasteiger partial charge in [0.05, 0.1) is 25.4 Å². The molecule has 8 rings (SSSR count). The first-order chi connectivity index (χ1) is 18.5. The van der Waals surface area contributed by atoms with Gasteiger partial charge in [0.25, 0.3) is 5.56 Å². The van der Waals surface area contributed by atoms with Gasteiger partial charge < -0.3 is 14.2 Å². The molecule has 7 heteroatoms. The highest BCUT2D eigenvalue weighted by atomic mass is 32.1. The van der Waals surface area contributed by atoms with E-state index < -0.39 is 0 Å². The van der Waals surface area contributed by atoms with Gasteiger partial charge in [-0.1, -0.05) is 19.1 Å². The van der Waals surface area contributed by atoms with E-state index in [9.17, 15) is 4.79 Å². The maximum Gasteiger partial charge on any atom is 0.262 e. The molecule has 4 aliphatic rings. The molecule has 2 aromatic carbocycles. The highest BCUT2D eigenvalue weighted by Gasteiger charge is 2.54. The number of aryl methyl sites for hydroxylation is 1. The van der Waals surface area contributed by atoms with Crippen molar-refractivity contribution in [3.63, 3.8) is 0 Å². The average Bonchev–Trinajstić information content (AvgIpc) is 3.62. The summed E-state index contributed by atoms with van der Waals surface area (Å²) in [5.41, 5.74) is 5.40. The molecule has 38 heavy (non-hydrogen) atoms. The molecule has 4 atom stereocenters. The summed E-state index contributed by atoms with van der Waals surface area (Å²) < 4.78 is 18.3. The Bertz CT molecular complexity index is 1670. The van der Waals surface area contributed by atoms with Crippen LogP contribution in [0.2, 0.25) is 0 Å². The minimum absolute atomic E-state index is 0.0253. The minimum Gasteiger partial charge on any atom is -0.497 e. The first-order valence-corrected chi connectivity index (χ1v) is 14.4. The standard InChI is InChI=1S/C31H30N2O4S/c1-31-10-9-21-20-7-5-19(35-2)12-18(20)4-6-22(21)23(31)13-26-28(31)27-29(38-26)32-15-33(30(27)34)14-17-3-8-24-25(11-17)37-16-36-24/h3,5,7-8,11-12,15,21-23H,4,6,9-10,13-14,16H2,1-2H3/t21-,22+,23-,31-/m1/s1. The largest absolute Gasteiger partial charge is 0.497 e. The fourth-order valence-electron chi connectivity index (χ4n) is 8.06. The van der Waals surface area contributed by atoms with Gasteiger partial charge in [-0.3, -0.25) is 9.36 Å². The van der Waals surface area contributed by atoms with Gasteiger partial charge in [-0.2, -0.15) is 0 Å². The minimum atomic E-state index is 0.0253. The summed E-state index contributed by atoms with van der Waals surface area (Å²) >= 11 is 1.75. The monoisotopic (exact) mass is 526 g/mol. The molecule has 194 valence electrons. The van der Waals surface area contributed by atoms with Crippen LogP contribution in [0.25, 0.3) is 10.2 Å². The van der Waals surface area contributed by atoms with Crippen molar-refractivity contribution in [2.45, 2.75) is 56.9 Å². The fraction of sp³-hybridized carbons (Fsp3) is 0.419. The van der Waals surface area contributed by atoms with E-state index in [0.29, 0.717) is 24.3 Å². The number of aromatic nitrogens is 2. The Balaban J connectivity index is 1.16. The first kappa shape index (κ1) is 22.6. The predicted octanol–water partition coefficient (Wildman–Crippen LogP) is 5.81. The number of hydrogen-bond acceptors (Lipinski definition) is 6. The molecule has 0 spiro atoms. The van der Waals surface area contributed by atoms with Crippen LogP contribution in [-0.2, 0) is 24.8 Å². The van der Waals surface area contributed by atoms with E-state index in [0.717, 1.165) is 52.3 Å².